The molecule has 0 saturated heterocycles. The van der Waals surface area contributed by atoms with E-state index in [0.717, 1.165) is 15.7 Å². The van der Waals surface area contributed by atoms with Gasteiger partial charge in [0.05, 0.1) is 11.9 Å². The fourth-order valence-corrected chi connectivity index (χ4v) is 1.45. The molecular weight excluding hydrogens is 230 g/mol. The van der Waals surface area contributed by atoms with Crippen LogP contribution < -0.4 is 0 Å². The molecule has 3 nitrogen and oxygen atoms in total. The maximum atomic E-state index is 4.14. The Balaban J connectivity index is 2.59. The van der Waals surface area contributed by atoms with Gasteiger partial charge in [-0.3, -0.25) is 4.98 Å². The average Bonchev–Trinajstić information content (AvgIpc) is 2.62. The molecule has 0 bridgehead atoms. The third-order valence-electron chi connectivity index (χ3n) is 1.88. The fourth-order valence-electron chi connectivity index (χ4n) is 1.13. The summed E-state index contributed by atoms with van der Waals surface area (Å²) in [7, 11) is 0. The molecule has 66 valence electrons. The lowest BCUT2D eigenvalue weighted by atomic mass is 10.2. The number of pyridine rings is 1. The minimum absolute atomic E-state index is 0.999. The minimum Gasteiger partial charge on any atom is -0.261 e. The largest absolute Gasteiger partial charge is 0.261 e. The first-order valence-corrected chi connectivity index (χ1v) is 4.68. The second-order valence-electron chi connectivity index (χ2n) is 2.72. The zero-order valence-corrected chi connectivity index (χ0v) is 8.69. The molecule has 0 saturated carbocycles. The number of hydrogen-bond donors (Lipinski definition) is 0. The summed E-state index contributed by atoms with van der Waals surface area (Å²) in [5.41, 5.74) is 2.14. The maximum Gasteiger partial charge on any atom is 0.0869 e. The third-order valence-corrected chi connectivity index (χ3v) is 2.68. The summed E-state index contributed by atoms with van der Waals surface area (Å²) in [5.74, 6) is 0. The molecule has 0 N–H and O–H groups in total. The SMILES string of the molecule is Cc1c(Br)cncc1-n1cccn1. The van der Waals surface area contributed by atoms with E-state index in [0.29, 0.717) is 0 Å². The van der Waals surface area contributed by atoms with Crippen LogP contribution in [0.4, 0.5) is 0 Å². The highest BCUT2D eigenvalue weighted by Crippen LogP contribution is 2.20. The van der Waals surface area contributed by atoms with Crippen LogP contribution in [0.2, 0.25) is 0 Å². The van der Waals surface area contributed by atoms with Crippen LogP contribution in [-0.2, 0) is 0 Å². The molecule has 2 aromatic rings. The second-order valence-corrected chi connectivity index (χ2v) is 3.57. The zero-order valence-electron chi connectivity index (χ0n) is 7.11. The molecule has 0 atom stereocenters. The van der Waals surface area contributed by atoms with E-state index in [4.69, 9.17) is 0 Å². The monoisotopic (exact) mass is 237 g/mol. The maximum absolute atomic E-state index is 4.14. The molecule has 0 aromatic carbocycles. The van der Waals surface area contributed by atoms with Gasteiger partial charge in [-0.15, -0.1) is 0 Å². The molecule has 0 spiro atoms. The molecule has 0 radical (unpaired) electrons. The highest BCUT2D eigenvalue weighted by Gasteiger charge is 2.03. The van der Waals surface area contributed by atoms with Gasteiger partial charge in [-0.1, -0.05) is 0 Å². The Bertz CT molecular complexity index is 409. The Kier molecular flexibility index (Phi) is 2.14. The molecule has 4 heteroatoms. The van der Waals surface area contributed by atoms with Crippen molar-refractivity contribution in [2.45, 2.75) is 6.92 Å². The van der Waals surface area contributed by atoms with Gasteiger partial charge >= 0.3 is 0 Å². The van der Waals surface area contributed by atoms with Gasteiger partial charge < -0.3 is 0 Å². The van der Waals surface area contributed by atoms with Crippen LogP contribution in [0.5, 0.6) is 0 Å². The zero-order chi connectivity index (χ0) is 9.26. The highest BCUT2D eigenvalue weighted by atomic mass is 79.9. The fraction of sp³-hybridized carbons (Fsp3) is 0.111. The lowest BCUT2D eigenvalue weighted by Crippen LogP contribution is -1.98. The van der Waals surface area contributed by atoms with Crippen LogP contribution in [0.3, 0.4) is 0 Å². The van der Waals surface area contributed by atoms with Gasteiger partial charge in [0.15, 0.2) is 0 Å². The molecule has 0 aliphatic rings. The third kappa shape index (κ3) is 1.49. The molecule has 0 unspecified atom stereocenters. The second kappa shape index (κ2) is 3.30. The van der Waals surface area contributed by atoms with E-state index in [9.17, 15) is 0 Å². The Labute approximate surface area is 84.5 Å². The van der Waals surface area contributed by atoms with E-state index in [1.54, 1.807) is 23.3 Å². The standard InChI is InChI=1S/C9H8BrN3/c1-7-8(10)5-11-6-9(7)13-4-2-3-12-13/h2-6H,1H3. The number of aromatic nitrogens is 3. The average molecular weight is 238 g/mol. The van der Waals surface area contributed by atoms with Crippen molar-refractivity contribution in [1.29, 1.82) is 0 Å². The molecule has 13 heavy (non-hydrogen) atoms. The minimum atomic E-state index is 0.999. The molecule has 0 fully saturated rings. The van der Waals surface area contributed by atoms with Crippen molar-refractivity contribution in [2.24, 2.45) is 0 Å². The molecule has 2 rings (SSSR count). The predicted molar refractivity (Wildman–Crippen MR) is 53.8 cm³/mol. The van der Waals surface area contributed by atoms with Crippen molar-refractivity contribution < 1.29 is 0 Å². The molecule has 2 heterocycles. The number of rotatable bonds is 1. The van der Waals surface area contributed by atoms with Crippen molar-refractivity contribution >= 4 is 15.9 Å². The molecule has 0 amide bonds. The smallest absolute Gasteiger partial charge is 0.0869 e. The van der Waals surface area contributed by atoms with Gasteiger partial charge in [-0.2, -0.15) is 5.10 Å². The summed E-state index contributed by atoms with van der Waals surface area (Å²) in [5, 5.41) is 4.14. The Morgan fingerprint density at radius 1 is 1.38 bits per heavy atom. The van der Waals surface area contributed by atoms with Crippen molar-refractivity contribution in [1.82, 2.24) is 14.8 Å². The van der Waals surface area contributed by atoms with Crippen LogP contribution in [-0.4, -0.2) is 14.8 Å². The van der Waals surface area contributed by atoms with Crippen LogP contribution in [0.15, 0.2) is 35.3 Å². The summed E-state index contributed by atoms with van der Waals surface area (Å²) in [6.45, 7) is 2.03. The van der Waals surface area contributed by atoms with Gasteiger partial charge in [-0.25, -0.2) is 4.68 Å². The Hall–Kier alpha value is -1.16. The first kappa shape index (κ1) is 8.44. The number of hydrogen-bond acceptors (Lipinski definition) is 2. The van der Waals surface area contributed by atoms with Gasteiger partial charge in [0.1, 0.15) is 0 Å². The highest BCUT2D eigenvalue weighted by molar-refractivity contribution is 9.10. The summed E-state index contributed by atoms with van der Waals surface area (Å²) in [6, 6.07) is 1.89. The summed E-state index contributed by atoms with van der Waals surface area (Å²) >= 11 is 3.43. The first-order chi connectivity index (χ1) is 6.29. The molecule has 0 aliphatic carbocycles. The van der Waals surface area contributed by atoms with Gasteiger partial charge in [0, 0.05) is 23.1 Å². The summed E-state index contributed by atoms with van der Waals surface area (Å²) in [6.07, 6.45) is 7.23. The van der Waals surface area contributed by atoms with Crippen LogP contribution in [0.1, 0.15) is 5.56 Å². The lowest BCUT2D eigenvalue weighted by Gasteiger charge is -2.05. The van der Waals surface area contributed by atoms with Crippen LogP contribution in [0.25, 0.3) is 5.69 Å². The van der Waals surface area contributed by atoms with Crippen LogP contribution in [0, 0.1) is 6.92 Å². The predicted octanol–water partition coefficient (Wildman–Crippen LogP) is 2.34. The first-order valence-electron chi connectivity index (χ1n) is 3.89. The topological polar surface area (TPSA) is 30.7 Å². The quantitative estimate of drug-likeness (QED) is 0.763. The lowest BCUT2D eigenvalue weighted by molar-refractivity contribution is 0.864. The Morgan fingerprint density at radius 3 is 2.92 bits per heavy atom. The van der Waals surface area contributed by atoms with E-state index in [-0.39, 0.29) is 0 Å². The van der Waals surface area contributed by atoms with Crippen molar-refractivity contribution in [3.8, 4) is 5.69 Å². The van der Waals surface area contributed by atoms with Crippen molar-refractivity contribution in [3.05, 3.63) is 40.9 Å². The number of nitrogens with zero attached hydrogens (tertiary/aromatic N) is 3. The van der Waals surface area contributed by atoms with Crippen molar-refractivity contribution in [2.75, 3.05) is 0 Å². The van der Waals surface area contributed by atoms with E-state index < -0.39 is 0 Å². The van der Waals surface area contributed by atoms with Gasteiger partial charge in [-0.05, 0) is 34.5 Å². The Morgan fingerprint density at radius 2 is 2.23 bits per heavy atom. The summed E-state index contributed by atoms with van der Waals surface area (Å²) in [4.78, 5) is 4.09. The van der Waals surface area contributed by atoms with Crippen molar-refractivity contribution in [3.63, 3.8) is 0 Å². The van der Waals surface area contributed by atoms with E-state index in [1.165, 1.54) is 0 Å². The molecular formula is C9H8BrN3. The molecule has 2 aromatic heterocycles. The summed E-state index contributed by atoms with van der Waals surface area (Å²) < 4.78 is 2.80. The number of halogens is 1. The van der Waals surface area contributed by atoms with E-state index in [2.05, 4.69) is 26.0 Å². The van der Waals surface area contributed by atoms with Gasteiger partial charge in [0.2, 0.25) is 0 Å². The molecule has 0 aliphatic heterocycles. The van der Waals surface area contributed by atoms with E-state index in [1.807, 2.05) is 19.2 Å². The van der Waals surface area contributed by atoms with Crippen LogP contribution >= 0.6 is 15.9 Å². The normalized spacial score (nSPS) is 10.3. The van der Waals surface area contributed by atoms with Gasteiger partial charge in [0.25, 0.3) is 0 Å². The van der Waals surface area contributed by atoms with E-state index >= 15 is 0 Å².